The molecule has 0 spiro atoms. The van der Waals surface area contributed by atoms with Gasteiger partial charge in [-0.25, -0.2) is 0 Å². The second kappa shape index (κ2) is 2.43. The van der Waals surface area contributed by atoms with E-state index in [1.54, 1.807) is 24.3 Å². The van der Waals surface area contributed by atoms with Gasteiger partial charge in [0.25, 0.3) is 0 Å². The maximum Gasteiger partial charge on any atom is 0.116 e. The maximum absolute atomic E-state index is 8.97. The summed E-state index contributed by atoms with van der Waals surface area (Å²) in [4.78, 5) is 0. The molecule has 0 fully saturated rings. The molecule has 0 aliphatic heterocycles. The molecule has 52 valence electrons. The molecule has 0 aliphatic carbocycles. The summed E-state index contributed by atoms with van der Waals surface area (Å²) >= 11 is 0. The SMILES string of the molecule is C=Cc1cc(O)ccc1N. The standard InChI is InChI=1S/C8H9NO/c1-2-6-5-7(10)3-4-8(6)9/h2-5,10H,1,9H2. The predicted octanol–water partition coefficient (Wildman–Crippen LogP) is 1.62. The first kappa shape index (κ1) is 6.68. The van der Waals surface area contributed by atoms with Crippen molar-refractivity contribution in [2.24, 2.45) is 0 Å². The van der Waals surface area contributed by atoms with Gasteiger partial charge >= 0.3 is 0 Å². The molecule has 0 amide bonds. The quantitative estimate of drug-likeness (QED) is 0.454. The fourth-order valence-electron chi connectivity index (χ4n) is 0.739. The smallest absolute Gasteiger partial charge is 0.116 e. The van der Waals surface area contributed by atoms with Gasteiger partial charge in [0.15, 0.2) is 0 Å². The van der Waals surface area contributed by atoms with Crippen molar-refractivity contribution in [2.45, 2.75) is 0 Å². The highest BCUT2D eigenvalue weighted by atomic mass is 16.3. The monoisotopic (exact) mass is 135 g/mol. The third kappa shape index (κ3) is 1.10. The second-order valence-corrected chi connectivity index (χ2v) is 2.02. The van der Waals surface area contributed by atoms with Gasteiger partial charge in [-0.2, -0.15) is 0 Å². The number of phenols is 1. The van der Waals surface area contributed by atoms with Crippen LogP contribution >= 0.6 is 0 Å². The molecule has 2 heteroatoms. The van der Waals surface area contributed by atoms with E-state index in [4.69, 9.17) is 10.8 Å². The van der Waals surface area contributed by atoms with E-state index in [1.165, 1.54) is 0 Å². The number of hydrogen-bond acceptors (Lipinski definition) is 2. The lowest BCUT2D eigenvalue weighted by molar-refractivity contribution is 0.475. The Bertz CT molecular complexity index is 255. The highest BCUT2D eigenvalue weighted by Gasteiger charge is 1.93. The van der Waals surface area contributed by atoms with E-state index in [9.17, 15) is 0 Å². The van der Waals surface area contributed by atoms with Gasteiger partial charge in [0.1, 0.15) is 5.75 Å². The van der Waals surface area contributed by atoms with Crippen molar-refractivity contribution in [1.82, 2.24) is 0 Å². The lowest BCUT2D eigenvalue weighted by Gasteiger charge is -1.98. The van der Waals surface area contributed by atoms with Gasteiger partial charge in [-0.1, -0.05) is 12.7 Å². The van der Waals surface area contributed by atoms with Crippen molar-refractivity contribution >= 4 is 11.8 Å². The van der Waals surface area contributed by atoms with Crippen LogP contribution in [0.1, 0.15) is 5.56 Å². The molecule has 0 saturated carbocycles. The van der Waals surface area contributed by atoms with Crippen LogP contribution in [0.25, 0.3) is 6.08 Å². The van der Waals surface area contributed by atoms with Crippen LogP contribution < -0.4 is 5.73 Å². The molecule has 0 aliphatic rings. The number of phenolic OH excluding ortho intramolecular Hbond substituents is 1. The largest absolute Gasteiger partial charge is 0.508 e. The first-order valence-electron chi connectivity index (χ1n) is 2.95. The average Bonchev–Trinajstić information content (AvgIpc) is 1.94. The van der Waals surface area contributed by atoms with Crippen LogP contribution in [0.5, 0.6) is 5.75 Å². The number of nitrogens with two attached hydrogens (primary N) is 1. The van der Waals surface area contributed by atoms with Gasteiger partial charge in [0, 0.05) is 11.3 Å². The molecule has 3 N–H and O–H groups in total. The minimum atomic E-state index is 0.212. The van der Waals surface area contributed by atoms with Crippen molar-refractivity contribution in [2.75, 3.05) is 5.73 Å². The summed E-state index contributed by atoms with van der Waals surface area (Å²) < 4.78 is 0. The lowest BCUT2D eigenvalue weighted by Crippen LogP contribution is -1.87. The van der Waals surface area contributed by atoms with E-state index >= 15 is 0 Å². The number of rotatable bonds is 1. The van der Waals surface area contributed by atoms with Crippen LogP contribution in [0.4, 0.5) is 5.69 Å². The molecule has 0 saturated heterocycles. The van der Waals surface area contributed by atoms with Crippen molar-refractivity contribution in [3.63, 3.8) is 0 Å². The summed E-state index contributed by atoms with van der Waals surface area (Å²) in [6.45, 7) is 3.54. The molecule has 0 atom stereocenters. The topological polar surface area (TPSA) is 46.2 Å². The van der Waals surface area contributed by atoms with Crippen LogP contribution in [0.15, 0.2) is 24.8 Å². The van der Waals surface area contributed by atoms with Gasteiger partial charge in [-0.15, -0.1) is 0 Å². The van der Waals surface area contributed by atoms with Crippen molar-refractivity contribution in [3.05, 3.63) is 30.3 Å². The Labute approximate surface area is 59.6 Å². The van der Waals surface area contributed by atoms with Gasteiger partial charge in [0.2, 0.25) is 0 Å². The summed E-state index contributed by atoms with van der Waals surface area (Å²) in [7, 11) is 0. The molecular formula is C8H9NO. The molecule has 2 nitrogen and oxygen atoms in total. The number of aromatic hydroxyl groups is 1. The Morgan fingerprint density at radius 2 is 2.20 bits per heavy atom. The van der Waals surface area contributed by atoms with E-state index in [0.717, 1.165) is 5.56 Å². The van der Waals surface area contributed by atoms with Gasteiger partial charge in [0.05, 0.1) is 0 Å². The van der Waals surface area contributed by atoms with Crippen LogP contribution in [-0.2, 0) is 0 Å². The molecule has 0 bridgehead atoms. The Kier molecular flexibility index (Phi) is 1.63. The van der Waals surface area contributed by atoms with Crippen LogP contribution in [0.3, 0.4) is 0 Å². The van der Waals surface area contributed by atoms with Crippen molar-refractivity contribution < 1.29 is 5.11 Å². The zero-order valence-corrected chi connectivity index (χ0v) is 5.54. The number of anilines is 1. The minimum absolute atomic E-state index is 0.212. The van der Waals surface area contributed by atoms with Gasteiger partial charge < -0.3 is 10.8 Å². The molecule has 10 heavy (non-hydrogen) atoms. The van der Waals surface area contributed by atoms with E-state index in [0.29, 0.717) is 5.69 Å². The fraction of sp³-hybridized carbons (Fsp3) is 0. The van der Waals surface area contributed by atoms with Crippen molar-refractivity contribution in [3.8, 4) is 5.75 Å². The molecule has 0 aromatic heterocycles. The number of nitrogen functional groups attached to an aromatic ring is 1. The highest BCUT2D eigenvalue weighted by molar-refractivity contribution is 5.64. The second-order valence-electron chi connectivity index (χ2n) is 2.02. The van der Waals surface area contributed by atoms with Crippen molar-refractivity contribution in [1.29, 1.82) is 0 Å². The molecule has 0 radical (unpaired) electrons. The van der Waals surface area contributed by atoms with E-state index in [-0.39, 0.29) is 5.75 Å². The molecule has 0 heterocycles. The molecule has 1 aromatic rings. The molecule has 0 unspecified atom stereocenters. The van der Waals surface area contributed by atoms with Crippen LogP contribution in [0.2, 0.25) is 0 Å². The fourth-order valence-corrected chi connectivity index (χ4v) is 0.739. The Hall–Kier alpha value is -1.44. The third-order valence-electron chi connectivity index (χ3n) is 1.29. The summed E-state index contributed by atoms with van der Waals surface area (Å²) in [5.74, 6) is 0.212. The Morgan fingerprint density at radius 3 is 2.70 bits per heavy atom. The predicted molar refractivity (Wildman–Crippen MR) is 42.6 cm³/mol. The van der Waals surface area contributed by atoms with Gasteiger partial charge in [-0.05, 0) is 18.2 Å². The maximum atomic E-state index is 8.97. The van der Waals surface area contributed by atoms with E-state index in [1.807, 2.05) is 0 Å². The Balaban J connectivity index is 3.21. The molecular weight excluding hydrogens is 126 g/mol. The number of hydrogen-bond donors (Lipinski definition) is 2. The summed E-state index contributed by atoms with van der Waals surface area (Å²) in [6.07, 6.45) is 1.61. The molecule has 1 rings (SSSR count). The summed E-state index contributed by atoms with van der Waals surface area (Å²) in [6, 6.07) is 4.76. The zero-order chi connectivity index (χ0) is 7.56. The first-order chi connectivity index (χ1) is 4.74. The third-order valence-corrected chi connectivity index (χ3v) is 1.29. The van der Waals surface area contributed by atoms with Gasteiger partial charge in [-0.3, -0.25) is 0 Å². The first-order valence-corrected chi connectivity index (χ1v) is 2.95. The van der Waals surface area contributed by atoms with E-state index in [2.05, 4.69) is 6.58 Å². The highest BCUT2D eigenvalue weighted by Crippen LogP contribution is 2.18. The summed E-state index contributed by atoms with van der Waals surface area (Å²) in [5.41, 5.74) is 6.91. The van der Waals surface area contributed by atoms with Crippen LogP contribution in [0, 0.1) is 0 Å². The van der Waals surface area contributed by atoms with Crippen LogP contribution in [-0.4, -0.2) is 5.11 Å². The Morgan fingerprint density at radius 1 is 1.50 bits per heavy atom. The number of benzene rings is 1. The normalized spacial score (nSPS) is 9.20. The molecule has 1 aromatic carbocycles. The average molecular weight is 135 g/mol. The minimum Gasteiger partial charge on any atom is -0.508 e. The van der Waals surface area contributed by atoms with E-state index < -0.39 is 0 Å². The lowest BCUT2D eigenvalue weighted by atomic mass is 10.2. The zero-order valence-electron chi connectivity index (χ0n) is 5.54. The summed E-state index contributed by atoms with van der Waals surface area (Å²) in [5, 5.41) is 8.97.